The lowest BCUT2D eigenvalue weighted by atomic mass is 10.00. The zero-order valence-electron chi connectivity index (χ0n) is 16.3. The van der Waals surface area contributed by atoms with Gasteiger partial charge in [-0.05, 0) is 42.3 Å². The lowest BCUT2D eigenvalue weighted by Gasteiger charge is -2.15. The number of hydrogen-bond acceptors (Lipinski definition) is 3. The molecule has 6 heteroatoms. The number of aryl methyl sites for hydroxylation is 1. The molecule has 0 saturated heterocycles. The number of methoxy groups -OCH3 is 1. The van der Waals surface area contributed by atoms with Gasteiger partial charge in [0, 0.05) is 11.1 Å². The van der Waals surface area contributed by atoms with Gasteiger partial charge in [0.15, 0.2) is 5.78 Å². The van der Waals surface area contributed by atoms with Crippen molar-refractivity contribution in [1.82, 2.24) is 0 Å². The Kier molecular flexibility index (Phi) is 4.86. The maximum Gasteiger partial charge on any atom is 0.416 e. The van der Waals surface area contributed by atoms with E-state index in [2.05, 4.69) is 5.32 Å². The molecule has 0 saturated carbocycles. The minimum atomic E-state index is -4.44. The van der Waals surface area contributed by atoms with E-state index < -0.39 is 11.7 Å². The second-order valence-corrected chi connectivity index (χ2v) is 7.03. The number of Topliss-reactive ketones (excluding diaryl/α,β-unsaturated/α-hetero) is 1. The fourth-order valence-electron chi connectivity index (χ4n) is 3.57. The molecule has 30 heavy (non-hydrogen) atoms. The third kappa shape index (κ3) is 3.45. The van der Waals surface area contributed by atoms with E-state index in [1.54, 1.807) is 19.2 Å². The number of anilines is 1. The largest absolute Gasteiger partial charge is 0.495 e. The number of carbonyl (C=O) groups excluding carboxylic acids is 1. The molecule has 0 radical (unpaired) electrons. The summed E-state index contributed by atoms with van der Waals surface area (Å²) in [6.45, 7) is 1.93. The number of fused-ring (bicyclic) bond motifs is 1. The van der Waals surface area contributed by atoms with Crippen LogP contribution in [0.15, 0.2) is 66.7 Å². The van der Waals surface area contributed by atoms with Gasteiger partial charge in [-0.3, -0.25) is 4.79 Å². The topological polar surface area (TPSA) is 38.3 Å². The van der Waals surface area contributed by atoms with Crippen LogP contribution in [0.1, 0.15) is 32.6 Å². The van der Waals surface area contributed by atoms with Crippen molar-refractivity contribution < 1.29 is 22.7 Å². The number of rotatable bonds is 4. The molecular formula is C24H18F3NO2. The molecule has 0 fully saturated rings. The summed E-state index contributed by atoms with van der Waals surface area (Å²) in [4.78, 5) is 13.1. The van der Waals surface area contributed by atoms with Crippen LogP contribution in [0.2, 0.25) is 0 Å². The standard InChI is InChI=1S/C24H18F3NO2/c1-14-7-12-20(30-2)19(13-14)28-22-17-5-3-4-6-18(17)23(29)21(22)15-8-10-16(11-9-15)24(25,26)27/h3-13,28H,1-2H3. The first-order chi connectivity index (χ1) is 14.3. The summed E-state index contributed by atoms with van der Waals surface area (Å²) in [5.74, 6) is 0.358. The van der Waals surface area contributed by atoms with Crippen LogP contribution in [-0.4, -0.2) is 12.9 Å². The predicted octanol–water partition coefficient (Wildman–Crippen LogP) is 6.20. The van der Waals surface area contributed by atoms with Gasteiger partial charge in [0.2, 0.25) is 0 Å². The molecule has 1 aliphatic rings. The Morgan fingerprint density at radius 2 is 1.57 bits per heavy atom. The Balaban J connectivity index is 1.87. The number of ketones is 1. The molecule has 1 aliphatic carbocycles. The second-order valence-electron chi connectivity index (χ2n) is 7.03. The van der Waals surface area contributed by atoms with Crippen molar-refractivity contribution in [1.29, 1.82) is 0 Å². The van der Waals surface area contributed by atoms with Crippen LogP contribution in [0.3, 0.4) is 0 Å². The lowest BCUT2D eigenvalue weighted by molar-refractivity contribution is -0.137. The van der Waals surface area contributed by atoms with Gasteiger partial charge in [0.1, 0.15) is 5.75 Å². The van der Waals surface area contributed by atoms with Gasteiger partial charge >= 0.3 is 6.18 Å². The SMILES string of the molecule is COc1ccc(C)cc1NC1=C(c2ccc(C(F)(F)F)cc2)C(=O)c2ccccc21. The molecule has 3 nitrogen and oxygen atoms in total. The number of benzene rings is 3. The number of allylic oxidation sites excluding steroid dienone is 1. The number of ether oxygens (including phenoxy) is 1. The minimum absolute atomic E-state index is 0.237. The van der Waals surface area contributed by atoms with Crippen LogP contribution in [0, 0.1) is 6.92 Å². The monoisotopic (exact) mass is 409 g/mol. The average molecular weight is 409 g/mol. The van der Waals surface area contributed by atoms with E-state index in [1.165, 1.54) is 12.1 Å². The fourth-order valence-corrected chi connectivity index (χ4v) is 3.57. The first-order valence-electron chi connectivity index (χ1n) is 9.27. The van der Waals surface area contributed by atoms with E-state index in [0.717, 1.165) is 17.7 Å². The maximum absolute atomic E-state index is 13.1. The summed E-state index contributed by atoms with van der Waals surface area (Å²) >= 11 is 0. The summed E-state index contributed by atoms with van der Waals surface area (Å²) < 4.78 is 44.3. The van der Waals surface area contributed by atoms with Crippen molar-refractivity contribution in [3.63, 3.8) is 0 Å². The highest BCUT2D eigenvalue weighted by Gasteiger charge is 2.33. The zero-order chi connectivity index (χ0) is 21.5. The number of carbonyl (C=O) groups is 1. The fraction of sp³-hybridized carbons (Fsp3) is 0.125. The van der Waals surface area contributed by atoms with Crippen molar-refractivity contribution >= 4 is 22.7 Å². The summed E-state index contributed by atoms with van der Waals surface area (Å²) in [5, 5.41) is 3.29. The average Bonchev–Trinajstić information content (AvgIpc) is 3.00. The highest BCUT2D eigenvalue weighted by atomic mass is 19.4. The Labute approximate surface area is 171 Å². The van der Waals surface area contributed by atoms with E-state index in [4.69, 9.17) is 4.74 Å². The smallest absolute Gasteiger partial charge is 0.416 e. The van der Waals surface area contributed by atoms with E-state index >= 15 is 0 Å². The first-order valence-corrected chi connectivity index (χ1v) is 9.27. The molecular weight excluding hydrogens is 391 g/mol. The second kappa shape index (κ2) is 7.37. The van der Waals surface area contributed by atoms with E-state index in [9.17, 15) is 18.0 Å². The number of nitrogens with one attached hydrogen (secondary N) is 1. The highest BCUT2D eigenvalue weighted by molar-refractivity contribution is 6.40. The molecule has 0 amide bonds. The van der Waals surface area contributed by atoms with Crippen LogP contribution < -0.4 is 10.1 Å². The van der Waals surface area contributed by atoms with Crippen LogP contribution in [0.25, 0.3) is 11.3 Å². The minimum Gasteiger partial charge on any atom is -0.495 e. The third-order valence-electron chi connectivity index (χ3n) is 5.03. The van der Waals surface area contributed by atoms with Gasteiger partial charge < -0.3 is 10.1 Å². The van der Waals surface area contributed by atoms with Gasteiger partial charge in [0.05, 0.1) is 29.6 Å². The van der Waals surface area contributed by atoms with Crippen molar-refractivity contribution in [3.05, 3.63) is 94.5 Å². The third-order valence-corrected chi connectivity index (χ3v) is 5.03. The van der Waals surface area contributed by atoms with Crippen molar-refractivity contribution in [2.75, 3.05) is 12.4 Å². The molecule has 152 valence electrons. The highest BCUT2D eigenvalue weighted by Crippen LogP contribution is 2.41. The summed E-state index contributed by atoms with van der Waals surface area (Å²) in [7, 11) is 1.55. The normalized spacial score (nSPS) is 13.4. The molecule has 0 heterocycles. The molecule has 0 unspecified atom stereocenters. The molecule has 0 atom stereocenters. The molecule has 0 aliphatic heterocycles. The summed E-state index contributed by atoms with van der Waals surface area (Å²) in [6, 6.07) is 17.4. The van der Waals surface area contributed by atoms with Gasteiger partial charge in [-0.2, -0.15) is 13.2 Å². The maximum atomic E-state index is 13.1. The lowest BCUT2D eigenvalue weighted by Crippen LogP contribution is -2.06. The zero-order valence-corrected chi connectivity index (χ0v) is 16.3. The first kappa shape index (κ1) is 19.8. The van der Waals surface area contributed by atoms with Crippen LogP contribution >= 0.6 is 0 Å². The van der Waals surface area contributed by atoms with Crippen LogP contribution in [0.4, 0.5) is 18.9 Å². The molecule has 3 aromatic carbocycles. The summed E-state index contributed by atoms with van der Waals surface area (Å²) in [5.41, 5.74) is 3.38. The molecule has 0 bridgehead atoms. The van der Waals surface area contributed by atoms with Gasteiger partial charge in [0.25, 0.3) is 0 Å². The van der Waals surface area contributed by atoms with Gasteiger partial charge in [-0.25, -0.2) is 0 Å². The number of alkyl halides is 3. The summed E-state index contributed by atoms with van der Waals surface area (Å²) in [6.07, 6.45) is -4.44. The van der Waals surface area contributed by atoms with E-state index in [-0.39, 0.29) is 5.78 Å². The molecule has 0 spiro atoms. The van der Waals surface area contributed by atoms with E-state index in [1.807, 2.05) is 37.3 Å². The Bertz CT molecular complexity index is 1160. The predicted molar refractivity (Wildman–Crippen MR) is 110 cm³/mol. The molecule has 3 aromatic rings. The molecule has 1 N–H and O–H groups in total. The van der Waals surface area contributed by atoms with Crippen LogP contribution in [-0.2, 0) is 6.18 Å². The Morgan fingerprint density at radius 3 is 2.20 bits per heavy atom. The number of halogens is 3. The van der Waals surface area contributed by atoms with Crippen molar-refractivity contribution in [2.45, 2.75) is 13.1 Å². The number of hydrogen-bond donors (Lipinski definition) is 1. The van der Waals surface area contributed by atoms with Gasteiger partial charge in [-0.1, -0.05) is 42.5 Å². The molecule has 0 aromatic heterocycles. The Hall–Kier alpha value is -3.54. The van der Waals surface area contributed by atoms with E-state index in [0.29, 0.717) is 39.4 Å². The van der Waals surface area contributed by atoms with Crippen molar-refractivity contribution in [3.8, 4) is 5.75 Å². The van der Waals surface area contributed by atoms with Crippen molar-refractivity contribution in [2.24, 2.45) is 0 Å². The molecule has 4 rings (SSSR count). The quantitative estimate of drug-likeness (QED) is 0.558. The Morgan fingerprint density at radius 1 is 0.900 bits per heavy atom. The van der Waals surface area contributed by atoms with Crippen LogP contribution in [0.5, 0.6) is 5.75 Å². The van der Waals surface area contributed by atoms with Gasteiger partial charge in [-0.15, -0.1) is 0 Å².